The van der Waals surface area contributed by atoms with Gasteiger partial charge in [0.1, 0.15) is 6.29 Å². The quantitative estimate of drug-likeness (QED) is 0.766. The molecule has 1 aromatic rings. The molecule has 1 aliphatic rings. The van der Waals surface area contributed by atoms with Crippen molar-refractivity contribution in [1.29, 1.82) is 0 Å². The predicted molar refractivity (Wildman–Crippen MR) is 92.5 cm³/mol. The summed E-state index contributed by atoms with van der Waals surface area (Å²) in [7, 11) is 3.05. The van der Waals surface area contributed by atoms with Crippen molar-refractivity contribution in [1.82, 2.24) is 0 Å². The highest BCUT2D eigenvalue weighted by molar-refractivity contribution is 8.18. The number of methoxy groups -OCH3 is 2. The fourth-order valence-corrected chi connectivity index (χ4v) is 5.74. The maximum absolute atomic E-state index is 11.0. The fraction of sp³-hybridized carbons (Fsp3) is 0.562. The first kappa shape index (κ1) is 17.3. The number of hydrogen-bond donors (Lipinski definition) is 1. The van der Waals surface area contributed by atoms with Gasteiger partial charge in [-0.25, -0.2) is 0 Å². The molecular formula is C16H22O4S2. The van der Waals surface area contributed by atoms with E-state index in [9.17, 15) is 9.90 Å². The van der Waals surface area contributed by atoms with Gasteiger partial charge in [0.05, 0.1) is 18.3 Å². The normalized spacial score (nSPS) is 17.0. The number of carbonyl (C=O) groups excluding carboxylic acids is 1. The van der Waals surface area contributed by atoms with E-state index >= 15 is 0 Å². The number of benzene rings is 1. The van der Waals surface area contributed by atoms with Crippen LogP contribution in [0, 0.1) is 0 Å². The monoisotopic (exact) mass is 342 g/mol. The molecule has 1 fully saturated rings. The van der Waals surface area contributed by atoms with Crippen LogP contribution in [0.5, 0.6) is 17.2 Å². The minimum atomic E-state index is -0.0155. The highest BCUT2D eigenvalue weighted by atomic mass is 32.2. The van der Waals surface area contributed by atoms with Crippen LogP contribution in [0.1, 0.15) is 24.8 Å². The van der Waals surface area contributed by atoms with Crippen molar-refractivity contribution in [3.63, 3.8) is 0 Å². The Morgan fingerprint density at radius 3 is 2.32 bits per heavy atom. The minimum absolute atomic E-state index is 0.0155. The van der Waals surface area contributed by atoms with Gasteiger partial charge >= 0.3 is 0 Å². The van der Waals surface area contributed by atoms with Crippen molar-refractivity contribution >= 4 is 29.8 Å². The lowest BCUT2D eigenvalue weighted by Crippen LogP contribution is -2.26. The van der Waals surface area contributed by atoms with Gasteiger partial charge in [0, 0.05) is 6.42 Å². The molecule has 0 radical (unpaired) electrons. The number of aldehydes is 1. The topological polar surface area (TPSA) is 55.8 Å². The Bertz CT molecular complexity index is 488. The van der Waals surface area contributed by atoms with Gasteiger partial charge in [-0.2, -0.15) is 0 Å². The number of thioether (sulfide) groups is 2. The number of aryl methyl sites for hydroxylation is 1. The van der Waals surface area contributed by atoms with Crippen LogP contribution in [0.25, 0.3) is 0 Å². The number of phenolic OH excluding ortho intramolecular Hbond substituents is 1. The first-order valence-corrected chi connectivity index (χ1v) is 9.26. The average molecular weight is 342 g/mol. The Balaban J connectivity index is 2.13. The second-order valence-corrected chi connectivity index (χ2v) is 8.40. The molecule has 122 valence electrons. The van der Waals surface area contributed by atoms with E-state index in [2.05, 4.69) is 0 Å². The van der Waals surface area contributed by atoms with Gasteiger partial charge in [-0.3, -0.25) is 0 Å². The molecule has 0 spiro atoms. The van der Waals surface area contributed by atoms with Crippen LogP contribution in [-0.4, -0.2) is 41.2 Å². The van der Waals surface area contributed by atoms with Crippen molar-refractivity contribution in [2.24, 2.45) is 0 Å². The van der Waals surface area contributed by atoms with Crippen LogP contribution in [0.4, 0.5) is 0 Å². The van der Waals surface area contributed by atoms with E-state index in [1.54, 1.807) is 0 Å². The fourth-order valence-electron chi connectivity index (χ4n) is 2.54. The number of aromatic hydroxyl groups is 1. The summed E-state index contributed by atoms with van der Waals surface area (Å²) in [6, 6.07) is 3.68. The van der Waals surface area contributed by atoms with Crippen LogP contribution < -0.4 is 9.47 Å². The molecule has 0 unspecified atom stereocenters. The third-order valence-corrected chi connectivity index (χ3v) is 7.23. The molecule has 4 nitrogen and oxygen atoms in total. The third kappa shape index (κ3) is 4.04. The maximum atomic E-state index is 11.0. The van der Waals surface area contributed by atoms with Gasteiger partial charge in [0.2, 0.25) is 5.75 Å². The Kier molecular flexibility index (Phi) is 6.32. The van der Waals surface area contributed by atoms with Crippen molar-refractivity contribution in [3.8, 4) is 17.2 Å². The van der Waals surface area contributed by atoms with Crippen LogP contribution >= 0.6 is 23.5 Å². The summed E-state index contributed by atoms with van der Waals surface area (Å²) in [5, 5.41) is 9.96. The Morgan fingerprint density at radius 1 is 1.23 bits per heavy atom. The van der Waals surface area contributed by atoms with E-state index in [0.717, 1.165) is 36.2 Å². The molecule has 0 aromatic heterocycles. The molecule has 0 aliphatic carbocycles. The lowest BCUT2D eigenvalue weighted by molar-refractivity contribution is -0.108. The van der Waals surface area contributed by atoms with Crippen molar-refractivity contribution in [2.75, 3.05) is 25.7 Å². The zero-order chi connectivity index (χ0) is 16.0. The van der Waals surface area contributed by atoms with Gasteiger partial charge in [0.25, 0.3) is 0 Å². The lowest BCUT2D eigenvalue weighted by atomic mass is 10.1. The van der Waals surface area contributed by atoms with E-state index in [1.165, 1.54) is 20.6 Å². The van der Waals surface area contributed by atoms with Gasteiger partial charge in [-0.1, -0.05) is 0 Å². The zero-order valence-corrected chi connectivity index (χ0v) is 14.6. The second-order valence-electron chi connectivity index (χ2n) is 5.18. The summed E-state index contributed by atoms with van der Waals surface area (Å²) in [5.74, 6) is 3.09. The molecule has 1 aliphatic heterocycles. The summed E-state index contributed by atoms with van der Waals surface area (Å²) >= 11 is 3.79. The lowest BCUT2D eigenvalue weighted by Gasteiger charge is -2.34. The second kappa shape index (κ2) is 8.02. The Hall–Kier alpha value is -1.01. The highest BCUT2D eigenvalue weighted by Gasteiger charge is 2.33. The molecule has 2 rings (SSSR count). The molecule has 1 saturated heterocycles. The molecule has 0 atom stereocenters. The first-order chi connectivity index (χ1) is 10.6. The molecule has 6 heteroatoms. The number of phenols is 1. The molecule has 22 heavy (non-hydrogen) atoms. The van der Waals surface area contributed by atoms with E-state index in [4.69, 9.17) is 9.47 Å². The Labute approximate surface area is 140 Å². The summed E-state index contributed by atoms with van der Waals surface area (Å²) < 4.78 is 10.4. The van der Waals surface area contributed by atoms with E-state index in [0.29, 0.717) is 17.9 Å². The molecule has 1 heterocycles. The summed E-state index contributed by atoms with van der Waals surface area (Å²) in [6.45, 7) is 0. The molecule has 0 bridgehead atoms. The van der Waals surface area contributed by atoms with E-state index in [-0.39, 0.29) is 9.83 Å². The molecular weight excluding hydrogens is 320 g/mol. The number of ether oxygens (including phenoxy) is 2. The predicted octanol–water partition coefficient (Wildman–Crippen LogP) is 3.50. The highest BCUT2D eigenvalue weighted by Crippen LogP contribution is 2.48. The summed E-state index contributed by atoms with van der Waals surface area (Å²) in [6.07, 6.45) is 4.55. The zero-order valence-electron chi connectivity index (χ0n) is 13.0. The summed E-state index contributed by atoms with van der Waals surface area (Å²) in [4.78, 5) is 11.0. The van der Waals surface area contributed by atoms with Gasteiger partial charge in [0.15, 0.2) is 11.5 Å². The SMILES string of the molecule is COc1cc(CCC2(CC=O)SCCCS2)cc(OC)c1O. The molecule has 1 aromatic carbocycles. The molecule has 0 amide bonds. The van der Waals surface area contributed by atoms with Gasteiger partial charge in [-0.15, -0.1) is 23.5 Å². The average Bonchev–Trinajstić information content (AvgIpc) is 2.55. The van der Waals surface area contributed by atoms with Crippen molar-refractivity contribution < 1.29 is 19.4 Å². The largest absolute Gasteiger partial charge is 0.502 e. The Morgan fingerprint density at radius 2 is 1.82 bits per heavy atom. The smallest absolute Gasteiger partial charge is 0.200 e. The standard InChI is InChI=1S/C16H22O4S2/c1-19-13-10-12(11-14(20-2)15(13)18)4-5-16(6-7-17)21-8-3-9-22-16/h7,10-11,18H,3-6,8-9H2,1-2H3. The third-order valence-electron chi connectivity index (χ3n) is 3.75. The molecule has 1 N–H and O–H groups in total. The number of hydrogen-bond acceptors (Lipinski definition) is 6. The van der Waals surface area contributed by atoms with Crippen molar-refractivity contribution in [3.05, 3.63) is 17.7 Å². The van der Waals surface area contributed by atoms with Gasteiger partial charge < -0.3 is 19.4 Å². The first-order valence-electron chi connectivity index (χ1n) is 7.29. The number of carbonyl (C=O) groups is 1. The van der Waals surface area contributed by atoms with Crippen LogP contribution in [0.3, 0.4) is 0 Å². The maximum Gasteiger partial charge on any atom is 0.200 e. The minimum Gasteiger partial charge on any atom is -0.502 e. The number of rotatable bonds is 7. The van der Waals surface area contributed by atoms with Crippen LogP contribution in [0.15, 0.2) is 12.1 Å². The van der Waals surface area contributed by atoms with E-state index < -0.39 is 0 Å². The summed E-state index contributed by atoms with van der Waals surface area (Å²) in [5.41, 5.74) is 1.04. The van der Waals surface area contributed by atoms with Crippen LogP contribution in [-0.2, 0) is 11.2 Å². The van der Waals surface area contributed by atoms with Gasteiger partial charge in [-0.05, 0) is 48.5 Å². The van der Waals surface area contributed by atoms with Crippen LogP contribution in [0.2, 0.25) is 0 Å². The molecule has 0 saturated carbocycles. The van der Waals surface area contributed by atoms with Crippen molar-refractivity contribution in [2.45, 2.75) is 29.8 Å². The van der Waals surface area contributed by atoms with E-state index in [1.807, 2.05) is 35.7 Å².